The first-order valence-electron chi connectivity index (χ1n) is 6.27. The number of carbonyl (C=O) groups excluding carboxylic acids is 2. The Morgan fingerprint density at radius 3 is 2.57 bits per heavy atom. The Balaban J connectivity index is 1.94. The van der Waals surface area contributed by atoms with Gasteiger partial charge in [-0.05, 0) is 11.1 Å². The molecule has 0 saturated carbocycles. The molecule has 1 heterocycles. The van der Waals surface area contributed by atoms with Crippen LogP contribution in [-0.2, 0) is 11.2 Å². The molecular formula is C13H10N5O5-. The van der Waals surface area contributed by atoms with E-state index >= 15 is 0 Å². The van der Waals surface area contributed by atoms with Gasteiger partial charge >= 0.3 is 5.69 Å². The number of rotatable bonds is 5. The molecule has 0 atom stereocenters. The number of aromatic carboxylic acids is 1. The number of hydrogen-bond acceptors (Lipinski definition) is 7. The third-order valence-corrected chi connectivity index (χ3v) is 2.66. The molecule has 2 aromatic rings. The lowest BCUT2D eigenvalue weighted by Crippen LogP contribution is -2.31. The molecule has 0 spiro atoms. The minimum absolute atomic E-state index is 0.0227. The number of hydrogen-bond donors (Lipinski definition) is 3. The number of carbonyl (C=O) groups is 2. The molecule has 1 aromatic carbocycles. The van der Waals surface area contributed by atoms with Gasteiger partial charge in [0, 0.05) is 0 Å². The fraction of sp³-hybridized carbons (Fsp3) is 0.0769. The number of carboxylic acids is 1. The van der Waals surface area contributed by atoms with Gasteiger partial charge < -0.3 is 9.90 Å². The van der Waals surface area contributed by atoms with E-state index in [0.29, 0.717) is 5.56 Å². The SMILES string of the molecule is O=C(Cc1n[nH]c(=O)[nH]c1=O)N/N=C\c1ccc(C(=O)[O-])cc1. The Labute approximate surface area is 127 Å². The lowest BCUT2D eigenvalue weighted by Gasteiger charge is -2.01. The van der Waals surface area contributed by atoms with Crippen LogP contribution in [0.3, 0.4) is 0 Å². The van der Waals surface area contributed by atoms with E-state index in [-0.39, 0.29) is 17.7 Å². The van der Waals surface area contributed by atoms with Gasteiger partial charge in [0.25, 0.3) is 5.56 Å². The number of aromatic amines is 2. The summed E-state index contributed by atoms with van der Waals surface area (Å²) in [5, 5.41) is 19.7. The van der Waals surface area contributed by atoms with Crippen LogP contribution >= 0.6 is 0 Å². The summed E-state index contributed by atoms with van der Waals surface area (Å²) in [6, 6.07) is 5.63. The minimum Gasteiger partial charge on any atom is -0.545 e. The van der Waals surface area contributed by atoms with Crippen LogP contribution in [0.1, 0.15) is 21.6 Å². The maximum atomic E-state index is 11.6. The van der Waals surface area contributed by atoms with Gasteiger partial charge in [0.2, 0.25) is 5.91 Å². The molecule has 118 valence electrons. The molecule has 1 amide bonds. The first kappa shape index (κ1) is 15.8. The smallest absolute Gasteiger partial charge is 0.342 e. The maximum Gasteiger partial charge on any atom is 0.342 e. The number of nitrogens with one attached hydrogen (secondary N) is 3. The van der Waals surface area contributed by atoms with E-state index < -0.39 is 23.1 Å². The number of H-pyrrole nitrogens is 2. The van der Waals surface area contributed by atoms with Gasteiger partial charge in [-0.1, -0.05) is 24.3 Å². The maximum absolute atomic E-state index is 11.6. The Bertz CT molecular complexity index is 865. The van der Waals surface area contributed by atoms with Gasteiger partial charge in [0.05, 0.1) is 18.6 Å². The predicted molar refractivity (Wildman–Crippen MR) is 75.7 cm³/mol. The topological polar surface area (TPSA) is 160 Å². The van der Waals surface area contributed by atoms with E-state index in [9.17, 15) is 24.3 Å². The van der Waals surface area contributed by atoms with E-state index in [2.05, 4.69) is 15.6 Å². The van der Waals surface area contributed by atoms with E-state index in [0.717, 1.165) is 0 Å². The van der Waals surface area contributed by atoms with Gasteiger partial charge in [-0.15, -0.1) is 0 Å². The van der Waals surface area contributed by atoms with Crippen molar-refractivity contribution in [2.75, 3.05) is 0 Å². The fourth-order valence-electron chi connectivity index (χ4n) is 1.57. The summed E-state index contributed by atoms with van der Waals surface area (Å²) in [4.78, 5) is 46.2. The van der Waals surface area contributed by atoms with Crippen LogP contribution in [0.25, 0.3) is 0 Å². The number of carboxylic acid groups (broad SMARTS) is 1. The summed E-state index contributed by atoms with van der Waals surface area (Å²) in [5.74, 6) is -1.90. The Hall–Kier alpha value is -3.56. The van der Waals surface area contributed by atoms with Crippen molar-refractivity contribution >= 4 is 18.1 Å². The minimum atomic E-state index is -1.29. The summed E-state index contributed by atoms with van der Waals surface area (Å²) >= 11 is 0. The Kier molecular flexibility index (Phi) is 4.77. The average Bonchev–Trinajstić information content (AvgIpc) is 2.50. The van der Waals surface area contributed by atoms with Crippen molar-refractivity contribution in [3.05, 3.63) is 61.9 Å². The molecule has 0 aliphatic heterocycles. The zero-order chi connectivity index (χ0) is 16.8. The zero-order valence-corrected chi connectivity index (χ0v) is 11.5. The molecule has 10 heteroatoms. The fourth-order valence-corrected chi connectivity index (χ4v) is 1.57. The van der Waals surface area contributed by atoms with E-state index in [1.165, 1.54) is 30.5 Å². The van der Waals surface area contributed by atoms with Crippen molar-refractivity contribution < 1.29 is 14.7 Å². The highest BCUT2D eigenvalue weighted by molar-refractivity contribution is 5.88. The summed E-state index contributed by atoms with van der Waals surface area (Å²) in [6.45, 7) is 0. The molecule has 3 N–H and O–H groups in total. The van der Waals surface area contributed by atoms with Crippen LogP contribution in [0.15, 0.2) is 39.0 Å². The lowest BCUT2D eigenvalue weighted by molar-refractivity contribution is -0.255. The largest absolute Gasteiger partial charge is 0.545 e. The van der Waals surface area contributed by atoms with Gasteiger partial charge in [-0.25, -0.2) is 15.3 Å². The Morgan fingerprint density at radius 2 is 1.96 bits per heavy atom. The van der Waals surface area contributed by atoms with Crippen molar-refractivity contribution in [2.45, 2.75) is 6.42 Å². The number of aromatic nitrogens is 3. The second-order valence-corrected chi connectivity index (χ2v) is 4.33. The van der Waals surface area contributed by atoms with Crippen LogP contribution in [0.5, 0.6) is 0 Å². The summed E-state index contributed by atoms with van der Waals surface area (Å²) < 4.78 is 0. The molecule has 0 aliphatic carbocycles. The highest BCUT2D eigenvalue weighted by Crippen LogP contribution is 2.01. The van der Waals surface area contributed by atoms with Gasteiger partial charge in [-0.3, -0.25) is 14.6 Å². The second kappa shape index (κ2) is 6.93. The van der Waals surface area contributed by atoms with Crippen molar-refractivity contribution in [3.8, 4) is 0 Å². The molecular weight excluding hydrogens is 306 g/mol. The van der Waals surface area contributed by atoms with Gasteiger partial charge in [0.15, 0.2) is 0 Å². The summed E-state index contributed by atoms with van der Waals surface area (Å²) in [7, 11) is 0. The monoisotopic (exact) mass is 316 g/mol. The van der Waals surface area contributed by atoms with E-state index in [1.807, 2.05) is 10.1 Å². The second-order valence-electron chi connectivity index (χ2n) is 4.33. The first-order valence-corrected chi connectivity index (χ1v) is 6.27. The molecule has 0 saturated heterocycles. The molecule has 0 aliphatic rings. The molecule has 2 rings (SSSR count). The highest BCUT2D eigenvalue weighted by atomic mass is 16.4. The van der Waals surface area contributed by atoms with Gasteiger partial charge in [0.1, 0.15) is 5.69 Å². The molecule has 1 aromatic heterocycles. The summed E-state index contributed by atoms with van der Waals surface area (Å²) in [6.07, 6.45) is 0.925. The lowest BCUT2D eigenvalue weighted by atomic mass is 10.1. The third-order valence-electron chi connectivity index (χ3n) is 2.66. The molecule has 23 heavy (non-hydrogen) atoms. The van der Waals surface area contributed by atoms with Crippen molar-refractivity contribution in [1.82, 2.24) is 20.6 Å². The average molecular weight is 316 g/mol. The van der Waals surface area contributed by atoms with Crippen molar-refractivity contribution in [2.24, 2.45) is 5.10 Å². The third kappa shape index (κ3) is 4.46. The normalized spacial score (nSPS) is 10.6. The number of hydrazone groups is 1. The molecule has 0 fully saturated rings. The predicted octanol–water partition coefficient (Wildman–Crippen LogP) is -2.49. The summed E-state index contributed by atoms with van der Waals surface area (Å²) in [5.41, 5.74) is 1.07. The Morgan fingerprint density at radius 1 is 1.26 bits per heavy atom. The van der Waals surface area contributed by atoms with Gasteiger partial charge in [-0.2, -0.15) is 10.2 Å². The number of nitrogens with zero attached hydrogens (tertiary/aromatic N) is 2. The quantitative estimate of drug-likeness (QED) is 0.408. The van der Waals surface area contributed by atoms with Crippen LogP contribution in [0.2, 0.25) is 0 Å². The van der Waals surface area contributed by atoms with Crippen LogP contribution in [-0.4, -0.2) is 33.3 Å². The van der Waals surface area contributed by atoms with Crippen LogP contribution in [0.4, 0.5) is 0 Å². The van der Waals surface area contributed by atoms with Crippen LogP contribution in [0, 0.1) is 0 Å². The number of amides is 1. The first-order chi connectivity index (χ1) is 11.0. The standard InChI is InChI=1S/C13H11N5O5/c19-10(5-9-11(20)15-13(23)18-16-9)17-14-6-7-1-3-8(4-2-7)12(21)22/h1-4,6H,5H2,(H,17,19)(H,21,22)(H2,15,18,20,23)/p-1/b14-6-. The van der Waals surface area contributed by atoms with Crippen molar-refractivity contribution in [3.63, 3.8) is 0 Å². The number of benzene rings is 1. The molecule has 0 bridgehead atoms. The zero-order valence-electron chi connectivity index (χ0n) is 11.5. The van der Waals surface area contributed by atoms with Crippen molar-refractivity contribution in [1.29, 1.82) is 0 Å². The van der Waals surface area contributed by atoms with Crippen LogP contribution < -0.4 is 21.8 Å². The molecule has 0 unspecified atom stereocenters. The van der Waals surface area contributed by atoms with E-state index in [4.69, 9.17) is 0 Å². The molecule has 10 nitrogen and oxygen atoms in total. The molecule has 0 radical (unpaired) electrons. The highest BCUT2D eigenvalue weighted by Gasteiger charge is 2.08. The van der Waals surface area contributed by atoms with E-state index in [1.54, 1.807) is 0 Å².